The smallest absolute Gasteiger partial charge is 0.426 e. The van der Waals surface area contributed by atoms with Crippen molar-refractivity contribution in [3.8, 4) is 5.75 Å². The van der Waals surface area contributed by atoms with Crippen LogP contribution in [0.2, 0.25) is 0 Å². The highest BCUT2D eigenvalue weighted by atomic mass is 19.4. The average Bonchev–Trinajstić information content (AvgIpc) is 2.55. The predicted molar refractivity (Wildman–Crippen MR) is 83.3 cm³/mol. The SMILES string of the molecule is CC(O)(C(=O)Nc1ccc(C(=O)c2ccccc2)cc1O)C(F)(F)F. The minimum Gasteiger partial charge on any atom is -0.506 e. The summed E-state index contributed by atoms with van der Waals surface area (Å²) in [5.41, 5.74) is -3.54. The number of alkyl halides is 3. The summed E-state index contributed by atoms with van der Waals surface area (Å²) in [6, 6.07) is 11.5. The Hall–Kier alpha value is -2.87. The Labute approximate surface area is 140 Å². The van der Waals surface area contributed by atoms with E-state index >= 15 is 0 Å². The van der Waals surface area contributed by atoms with Crippen LogP contribution in [0.5, 0.6) is 5.75 Å². The summed E-state index contributed by atoms with van der Waals surface area (Å²) in [4.78, 5) is 23.8. The molecule has 0 saturated carbocycles. The molecule has 25 heavy (non-hydrogen) atoms. The number of anilines is 1. The van der Waals surface area contributed by atoms with Gasteiger partial charge in [-0.25, -0.2) is 0 Å². The van der Waals surface area contributed by atoms with E-state index in [1.807, 2.05) is 0 Å². The molecule has 1 atom stereocenters. The average molecular weight is 353 g/mol. The number of hydrogen-bond donors (Lipinski definition) is 3. The molecule has 5 nitrogen and oxygen atoms in total. The Bertz CT molecular complexity index is 801. The van der Waals surface area contributed by atoms with E-state index in [0.29, 0.717) is 12.5 Å². The maximum Gasteiger partial charge on any atom is 0.426 e. The van der Waals surface area contributed by atoms with Gasteiger partial charge in [0.1, 0.15) is 5.75 Å². The first kappa shape index (κ1) is 18.5. The molecule has 8 heteroatoms. The molecule has 2 aromatic rings. The van der Waals surface area contributed by atoms with Gasteiger partial charge < -0.3 is 15.5 Å². The number of carbonyl (C=O) groups is 2. The van der Waals surface area contributed by atoms with Crippen molar-refractivity contribution < 1.29 is 33.0 Å². The summed E-state index contributed by atoms with van der Waals surface area (Å²) >= 11 is 0. The summed E-state index contributed by atoms with van der Waals surface area (Å²) in [5.74, 6) is -2.76. The summed E-state index contributed by atoms with van der Waals surface area (Å²) < 4.78 is 37.9. The van der Waals surface area contributed by atoms with Crippen LogP contribution in [0.3, 0.4) is 0 Å². The van der Waals surface area contributed by atoms with Crippen LogP contribution in [0.15, 0.2) is 48.5 Å². The van der Waals surface area contributed by atoms with Gasteiger partial charge in [0, 0.05) is 11.1 Å². The summed E-state index contributed by atoms with van der Waals surface area (Å²) in [7, 11) is 0. The van der Waals surface area contributed by atoms with Crippen molar-refractivity contribution in [2.75, 3.05) is 5.32 Å². The predicted octanol–water partition coefficient (Wildman–Crippen LogP) is 2.88. The lowest BCUT2D eigenvalue weighted by molar-refractivity contribution is -0.242. The van der Waals surface area contributed by atoms with E-state index in [9.17, 15) is 33.0 Å². The van der Waals surface area contributed by atoms with Crippen molar-refractivity contribution in [2.45, 2.75) is 18.7 Å². The van der Waals surface area contributed by atoms with E-state index in [2.05, 4.69) is 0 Å². The van der Waals surface area contributed by atoms with Gasteiger partial charge in [-0.3, -0.25) is 9.59 Å². The third kappa shape index (κ3) is 3.80. The lowest BCUT2D eigenvalue weighted by Gasteiger charge is -2.25. The molecule has 0 spiro atoms. The van der Waals surface area contributed by atoms with Crippen molar-refractivity contribution in [1.29, 1.82) is 0 Å². The van der Waals surface area contributed by atoms with E-state index in [-0.39, 0.29) is 11.3 Å². The second-order valence-electron chi connectivity index (χ2n) is 5.45. The molecule has 0 aliphatic heterocycles. The first-order chi connectivity index (χ1) is 11.5. The topological polar surface area (TPSA) is 86.6 Å². The van der Waals surface area contributed by atoms with Crippen molar-refractivity contribution in [3.05, 3.63) is 59.7 Å². The quantitative estimate of drug-likeness (QED) is 0.583. The molecule has 0 aromatic heterocycles. The van der Waals surface area contributed by atoms with Crippen LogP contribution < -0.4 is 5.32 Å². The lowest BCUT2D eigenvalue weighted by atomic mass is 10.0. The minimum atomic E-state index is -5.18. The molecule has 2 aromatic carbocycles. The fourth-order valence-corrected chi connectivity index (χ4v) is 1.91. The standard InChI is InChI=1S/C17H14F3NO4/c1-16(25,17(18,19)20)15(24)21-12-8-7-11(9-13(12)22)14(23)10-5-3-2-4-6-10/h2-9,22,25H,1H3,(H,21,24). The number of halogens is 3. The molecule has 2 rings (SSSR count). The Morgan fingerprint density at radius 2 is 1.60 bits per heavy atom. The normalized spacial score (nSPS) is 13.8. The van der Waals surface area contributed by atoms with E-state index in [1.54, 1.807) is 35.6 Å². The van der Waals surface area contributed by atoms with Crippen LogP contribution in [0.25, 0.3) is 0 Å². The minimum absolute atomic E-state index is 0.0873. The van der Waals surface area contributed by atoms with E-state index in [0.717, 1.165) is 12.1 Å². The van der Waals surface area contributed by atoms with Crippen LogP contribution in [0.1, 0.15) is 22.8 Å². The number of phenols is 1. The highest BCUT2D eigenvalue weighted by Crippen LogP contribution is 2.32. The second kappa shape index (κ2) is 6.56. The number of rotatable bonds is 4. The van der Waals surface area contributed by atoms with Gasteiger partial charge >= 0.3 is 6.18 Å². The maximum atomic E-state index is 12.6. The number of phenolic OH excluding ortho intramolecular Hbond substituents is 1. The third-order valence-corrected chi connectivity index (χ3v) is 3.54. The lowest BCUT2D eigenvalue weighted by Crippen LogP contribution is -2.52. The first-order valence-electron chi connectivity index (χ1n) is 7.07. The number of carbonyl (C=O) groups excluding carboxylic acids is 2. The Kier molecular flexibility index (Phi) is 4.85. The summed E-state index contributed by atoms with van der Waals surface area (Å²) in [5, 5.41) is 21.0. The van der Waals surface area contributed by atoms with Gasteiger partial charge in [0.25, 0.3) is 5.91 Å². The monoisotopic (exact) mass is 353 g/mol. The number of aliphatic hydroxyl groups is 1. The third-order valence-electron chi connectivity index (χ3n) is 3.54. The molecule has 3 N–H and O–H groups in total. The van der Waals surface area contributed by atoms with E-state index in [1.165, 1.54) is 6.07 Å². The molecule has 0 saturated heterocycles. The van der Waals surface area contributed by atoms with Crippen LogP contribution in [0.4, 0.5) is 18.9 Å². The highest BCUT2D eigenvalue weighted by Gasteiger charge is 2.55. The molecule has 1 amide bonds. The van der Waals surface area contributed by atoms with Crippen LogP contribution in [-0.2, 0) is 4.79 Å². The zero-order valence-electron chi connectivity index (χ0n) is 13.0. The number of ketones is 1. The molecule has 132 valence electrons. The van der Waals surface area contributed by atoms with Crippen LogP contribution >= 0.6 is 0 Å². The molecular weight excluding hydrogens is 339 g/mol. The first-order valence-corrected chi connectivity index (χ1v) is 7.07. The molecule has 0 radical (unpaired) electrons. The molecule has 0 fully saturated rings. The van der Waals surface area contributed by atoms with E-state index < -0.39 is 29.2 Å². The number of amides is 1. The molecule has 0 bridgehead atoms. The zero-order chi connectivity index (χ0) is 18.8. The van der Waals surface area contributed by atoms with Gasteiger partial charge in [-0.1, -0.05) is 30.3 Å². The highest BCUT2D eigenvalue weighted by molar-refractivity contribution is 6.09. The van der Waals surface area contributed by atoms with Gasteiger partial charge in [0.15, 0.2) is 5.78 Å². The molecule has 0 aliphatic carbocycles. The van der Waals surface area contributed by atoms with Crippen molar-refractivity contribution >= 4 is 17.4 Å². The number of aromatic hydroxyl groups is 1. The number of nitrogens with one attached hydrogen (secondary N) is 1. The van der Waals surface area contributed by atoms with Gasteiger partial charge in [-0.05, 0) is 25.1 Å². The second-order valence-corrected chi connectivity index (χ2v) is 5.45. The fraction of sp³-hybridized carbons (Fsp3) is 0.176. The molecule has 0 heterocycles. The molecule has 1 unspecified atom stereocenters. The van der Waals surface area contributed by atoms with Gasteiger partial charge in [-0.15, -0.1) is 0 Å². The van der Waals surface area contributed by atoms with E-state index in [4.69, 9.17) is 0 Å². The van der Waals surface area contributed by atoms with Crippen LogP contribution in [-0.4, -0.2) is 33.7 Å². The summed E-state index contributed by atoms with van der Waals surface area (Å²) in [6.45, 7) is 0.298. The van der Waals surface area contributed by atoms with Gasteiger partial charge in [0.05, 0.1) is 5.69 Å². The summed E-state index contributed by atoms with van der Waals surface area (Å²) in [6.07, 6.45) is -5.18. The van der Waals surface area contributed by atoms with Crippen LogP contribution in [0, 0.1) is 0 Å². The van der Waals surface area contributed by atoms with Crippen molar-refractivity contribution in [1.82, 2.24) is 0 Å². The Morgan fingerprint density at radius 1 is 1.00 bits per heavy atom. The number of hydrogen-bond acceptors (Lipinski definition) is 4. The van der Waals surface area contributed by atoms with Gasteiger partial charge in [0.2, 0.25) is 5.60 Å². The van der Waals surface area contributed by atoms with Crippen molar-refractivity contribution in [3.63, 3.8) is 0 Å². The number of benzene rings is 2. The maximum absolute atomic E-state index is 12.6. The molecular formula is C17H14F3NO4. The van der Waals surface area contributed by atoms with Crippen molar-refractivity contribution in [2.24, 2.45) is 0 Å². The molecule has 0 aliphatic rings. The fourth-order valence-electron chi connectivity index (χ4n) is 1.91. The largest absolute Gasteiger partial charge is 0.506 e. The Balaban J connectivity index is 2.23. The Morgan fingerprint density at radius 3 is 2.12 bits per heavy atom. The zero-order valence-corrected chi connectivity index (χ0v) is 13.0. The van der Waals surface area contributed by atoms with Gasteiger partial charge in [-0.2, -0.15) is 13.2 Å².